The van der Waals surface area contributed by atoms with Crippen LogP contribution in [0.15, 0.2) is 0 Å². The van der Waals surface area contributed by atoms with E-state index < -0.39 is 5.97 Å². The lowest BCUT2D eigenvalue weighted by atomic mass is 10.8. The van der Waals surface area contributed by atoms with Gasteiger partial charge in [0, 0.05) is 27.2 Å². The Bertz CT molecular complexity index is 120. The zero-order valence-corrected chi connectivity index (χ0v) is 7.60. The first kappa shape index (κ1) is 12.2. The highest BCUT2D eigenvalue weighted by Gasteiger charge is 1.90. The van der Waals surface area contributed by atoms with Crippen molar-refractivity contribution in [3.05, 3.63) is 0 Å². The minimum absolute atomic E-state index is 0.122. The molecule has 0 spiro atoms. The van der Waals surface area contributed by atoms with E-state index in [1.165, 1.54) is 0 Å². The SMILES string of the molecule is C#CC[PH+](C)C.CC(=O)[O-]. The smallest absolute Gasteiger partial charge is 0.116 e. The molecule has 3 heteroatoms. The fourth-order valence-electron chi connectivity index (χ4n) is 0.204. The third-order valence-corrected chi connectivity index (χ3v) is 1.37. The van der Waals surface area contributed by atoms with Crippen LogP contribution in [0.2, 0.25) is 0 Å². The van der Waals surface area contributed by atoms with Crippen molar-refractivity contribution >= 4 is 13.9 Å². The van der Waals surface area contributed by atoms with Gasteiger partial charge in [-0.05, 0) is 6.92 Å². The van der Waals surface area contributed by atoms with Crippen molar-refractivity contribution in [2.24, 2.45) is 0 Å². The van der Waals surface area contributed by atoms with E-state index >= 15 is 0 Å². The van der Waals surface area contributed by atoms with Crippen LogP contribution in [-0.4, -0.2) is 25.5 Å². The zero-order valence-electron chi connectivity index (χ0n) is 6.60. The molecule has 0 aliphatic rings. The Morgan fingerprint density at radius 3 is 2.00 bits per heavy atom. The summed E-state index contributed by atoms with van der Waals surface area (Å²) >= 11 is 0. The highest BCUT2D eigenvalue weighted by Crippen LogP contribution is 2.21. The molecule has 0 radical (unpaired) electrons. The number of rotatable bonds is 1. The van der Waals surface area contributed by atoms with Crippen molar-refractivity contribution < 1.29 is 9.90 Å². The minimum Gasteiger partial charge on any atom is -0.550 e. The lowest BCUT2D eigenvalue weighted by Crippen LogP contribution is -2.16. The molecule has 0 saturated carbocycles. The van der Waals surface area contributed by atoms with Gasteiger partial charge in [0.25, 0.3) is 0 Å². The number of terminal acetylenes is 1. The van der Waals surface area contributed by atoms with Crippen molar-refractivity contribution in [1.29, 1.82) is 0 Å². The lowest BCUT2D eigenvalue weighted by molar-refractivity contribution is -0.302. The predicted octanol–water partition coefficient (Wildman–Crippen LogP) is -0.150. The van der Waals surface area contributed by atoms with Crippen molar-refractivity contribution in [3.63, 3.8) is 0 Å². The van der Waals surface area contributed by atoms with Crippen molar-refractivity contribution in [3.8, 4) is 12.3 Å². The number of aliphatic carboxylic acids is 1. The summed E-state index contributed by atoms with van der Waals surface area (Å²) < 4.78 is 0. The minimum atomic E-state index is -1.08. The first-order valence-corrected chi connectivity index (χ1v) is 5.61. The van der Waals surface area contributed by atoms with Gasteiger partial charge >= 0.3 is 0 Å². The molecule has 0 aliphatic carbocycles. The van der Waals surface area contributed by atoms with E-state index in [-0.39, 0.29) is 7.92 Å². The van der Waals surface area contributed by atoms with Gasteiger partial charge in [-0.15, -0.1) is 6.42 Å². The maximum absolute atomic E-state index is 8.89. The van der Waals surface area contributed by atoms with E-state index in [4.69, 9.17) is 16.3 Å². The Morgan fingerprint density at radius 1 is 1.70 bits per heavy atom. The van der Waals surface area contributed by atoms with Gasteiger partial charge in [-0.2, -0.15) is 0 Å². The molecular weight excluding hydrogens is 147 g/mol. The summed E-state index contributed by atoms with van der Waals surface area (Å²) in [5.41, 5.74) is 0. The summed E-state index contributed by atoms with van der Waals surface area (Å²) in [6.45, 7) is 5.40. The number of carboxylic acid groups (broad SMARTS) is 1. The van der Waals surface area contributed by atoms with Crippen LogP contribution in [0.4, 0.5) is 0 Å². The maximum Gasteiger partial charge on any atom is 0.116 e. The van der Waals surface area contributed by atoms with Gasteiger partial charge in [0.2, 0.25) is 0 Å². The van der Waals surface area contributed by atoms with E-state index in [0.29, 0.717) is 0 Å². The van der Waals surface area contributed by atoms with Crippen LogP contribution in [0.25, 0.3) is 0 Å². The molecule has 0 unspecified atom stereocenters. The molecule has 0 aromatic carbocycles. The quantitative estimate of drug-likeness (QED) is 0.395. The van der Waals surface area contributed by atoms with Gasteiger partial charge < -0.3 is 9.90 Å². The molecule has 0 bridgehead atoms. The summed E-state index contributed by atoms with van der Waals surface area (Å²) in [5, 5.41) is 8.89. The summed E-state index contributed by atoms with van der Waals surface area (Å²) in [7, 11) is -0.122. The van der Waals surface area contributed by atoms with Crippen LogP contribution >= 0.6 is 7.92 Å². The van der Waals surface area contributed by atoms with Gasteiger partial charge in [-0.1, -0.05) is 5.92 Å². The number of carbonyl (C=O) groups excluding carboxylic acids is 1. The fourth-order valence-corrected chi connectivity index (χ4v) is 0.612. The molecule has 0 atom stereocenters. The molecule has 10 heavy (non-hydrogen) atoms. The topological polar surface area (TPSA) is 40.1 Å². The second-order valence-electron chi connectivity index (χ2n) is 2.08. The summed E-state index contributed by atoms with van der Waals surface area (Å²) in [4.78, 5) is 8.89. The average Bonchev–Trinajstić information content (AvgIpc) is 1.62. The van der Waals surface area contributed by atoms with E-state index in [2.05, 4.69) is 19.3 Å². The molecule has 0 amide bonds. The largest absolute Gasteiger partial charge is 0.550 e. The third-order valence-electron chi connectivity index (χ3n) is 0.456. The molecule has 2 nitrogen and oxygen atoms in total. The van der Waals surface area contributed by atoms with Crippen molar-refractivity contribution in [2.45, 2.75) is 6.92 Å². The van der Waals surface area contributed by atoms with Gasteiger partial charge in [0.05, 0.1) is 0 Å². The van der Waals surface area contributed by atoms with Gasteiger partial charge in [0.15, 0.2) is 0 Å². The molecule has 0 aromatic rings. The van der Waals surface area contributed by atoms with Crippen LogP contribution in [-0.2, 0) is 4.79 Å². The Balaban J connectivity index is 0. The molecule has 0 aromatic heterocycles. The Hall–Kier alpha value is -0.540. The van der Waals surface area contributed by atoms with Crippen LogP contribution in [0.1, 0.15) is 6.92 Å². The molecule has 0 saturated heterocycles. The zero-order chi connectivity index (χ0) is 8.57. The highest BCUT2D eigenvalue weighted by molar-refractivity contribution is 7.56. The number of hydrogen-bond acceptors (Lipinski definition) is 2. The Kier molecular flexibility index (Phi) is 10.3. The van der Waals surface area contributed by atoms with Gasteiger partial charge in [-0.25, -0.2) is 0 Å². The second-order valence-corrected chi connectivity index (χ2v) is 4.85. The van der Waals surface area contributed by atoms with Crippen LogP contribution < -0.4 is 5.11 Å². The Morgan fingerprint density at radius 2 is 2.00 bits per heavy atom. The van der Waals surface area contributed by atoms with Crippen molar-refractivity contribution in [2.75, 3.05) is 19.5 Å². The first-order chi connectivity index (χ1) is 4.50. The Labute approximate surface area is 63.4 Å². The molecule has 0 aliphatic heterocycles. The van der Waals surface area contributed by atoms with Crippen LogP contribution in [0, 0.1) is 12.3 Å². The highest BCUT2D eigenvalue weighted by atomic mass is 31.1. The van der Waals surface area contributed by atoms with Crippen LogP contribution in [0.5, 0.6) is 0 Å². The lowest BCUT2D eigenvalue weighted by Gasteiger charge is -1.83. The molecule has 0 fully saturated rings. The van der Waals surface area contributed by atoms with E-state index in [9.17, 15) is 0 Å². The summed E-state index contributed by atoms with van der Waals surface area (Å²) in [6.07, 6.45) is 6.01. The number of hydrogen-bond donors (Lipinski definition) is 0. The van der Waals surface area contributed by atoms with E-state index in [1.54, 1.807) is 0 Å². The normalized spacial score (nSPS) is 7.50. The predicted molar refractivity (Wildman–Crippen MR) is 44.5 cm³/mol. The number of carboxylic acids is 1. The summed E-state index contributed by atoms with van der Waals surface area (Å²) in [6, 6.07) is 0. The maximum atomic E-state index is 8.89. The van der Waals surface area contributed by atoms with Crippen LogP contribution in [0.3, 0.4) is 0 Å². The third kappa shape index (κ3) is 51.4. The average molecular weight is 160 g/mol. The molecular formula is C7H13O2P. The molecule has 0 rings (SSSR count). The second kappa shape index (κ2) is 8.46. The summed E-state index contributed by atoms with van der Waals surface area (Å²) in [5.74, 6) is 1.53. The number of carbonyl (C=O) groups is 1. The molecule has 0 heterocycles. The first-order valence-electron chi connectivity index (χ1n) is 2.90. The molecule has 58 valence electrons. The molecule has 0 N–H and O–H groups in total. The van der Waals surface area contributed by atoms with Gasteiger partial charge in [0.1, 0.15) is 6.16 Å². The standard InChI is InChI=1S/C5H9P.C2H4O2/c1-4-5-6(2)3;1-2(3)4/h1H,5H2,2-3H3;1H3,(H,3,4). The fraction of sp³-hybridized carbons (Fsp3) is 0.571. The monoisotopic (exact) mass is 160 g/mol. The van der Waals surface area contributed by atoms with E-state index in [1.807, 2.05) is 0 Å². The van der Waals surface area contributed by atoms with Crippen molar-refractivity contribution in [1.82, 2.24) is 0 Å². The van der Waals surface area contributed by atoms with Gasteiger partial charge in [-0.3, -0.25) is 0 Å². The van der Waals surface area contributed by atoms with E-state index in [0.717, 1.165) is 13.1 Å².